The maximum absolute atomic E-state index is 5.30. The molecule has 0 saturated heterocycles. The Balaban J connectivity index is 1.10. The largest absolute Gasteiger partial charge is 0.309 e. The third-order valence-corrected chi connectivity index (χ3v) is 12.5. The molecule has 13 aromatic rings. The highest BCUT2D eigenvalue weighted by Gasteiger charge is 2.21. The Hall–Kier alpha value is -8.41. The lowest BCUT2D eigenvalue weighted by Gasteiger charge is -2.15. The van der Waals surface area contributed by atoms with Crippen LogP contribution in [0.5, 0.6) is 0 Å². The van der Waals surface area contributed by atoms with Crippen molar-refractivity contribution < 1.29 is 0 Å². The summed E-state index contributed by atoms with van der Waals surface area (Å²) in [7, 11) is 0. The van der Waals surface area contributed by atoms with E-state index in [9.17, 15) is 0 Å². The topological polar surface area (TPSA) is 48.5 Å². The fourth-order valence-electron chi connectivity index (χ4n) is 9.58. The van der Waals surface area contributed by atoms with Gasteiger partial charge in [-0.1, -0.05) is 152 Å². The fourth-order valence-corrected chi connectivity index (χ4v) is 9.58. The normalized spacial score (nSPS) is 11.9. The predicted octanol–water partition coefficient (Wildman–Crippen LogP) is 14.5. The maximum atomic E-state index is 5.30. The van der Waals surface area contributed by atoms with E-state index in [1.807, 2.05) is 18.2 Å². The first-order chi connectivity index (χ1) is 30.7. The Morgan fingerprint density at radius 3 is 1.56 bits per heavy atom. The van der Waals surface area contributed by atoms with Gasteiger partial charge < -0.3 is 9.13 Å². The molecule has 13 rings (SSSR count). The summed E-state index contributed by atoms with van der Waals surface area (Å²) in [6.07, 6.45) is 0. The van der Waals surface area contributed by atoms with Crippen molar-refractivity contribution in [3.63, 3.8) is 0 Å². The number of benzene rings is 10. The van der Waals surface area contributed by atoms with E-state index in [2.05, 4.69) is 203 Å². The number of hydrogen-bond acceptors (Lipinski definition) is 3. The van der Waals surface area contributed by atoms with E-state index in [0.717, 1.165) is 60.8 Å². The van der Waals surface area contributed by atoms with E-state index in [-0.39, 0.29) is 0 Å². The van der Waals surface area contributed by atoms with Crippen molar-refractivity contribution in [3.05, 3.63) is 212 Å². The summed E-state index contributed by atoms with van der Waals surface area (Å²) >= 11 is 0. The predicted molar refractivity (Wildman–Crippen MR) is 257 cm³/mol. The minimum Gasteiger partial charge on any atom is -0.309 e. The van der Waals surface area contributed by atoms with Gasteiger partial charge in [-0.05, 0) is 93.0 Å². The molecular weight excluding hydrogens is 755 g/mol. The SMILES string of the molecule is c1ccc(-c2nc(-c3ccc4ccccc4c3)nc(-c3cc(-n4c5ccccc5c5cc6c7cc8ccccc8cc7n(-c7ccccc7)c6cc54)cc4ccccc34)n2)cc1. The van der Waals surface area contributed by atoms with Gasteiger partial charge in [0.1, 0.15) is 0 Å². The molecule has 0 fully saturated rings. The summed E-state index contributed by atoms with van der Waals surface area (Å²) in [5, 5.41) is 11.8. The number of rotatable bonds is 5. The van der Waals surface area contributed by atoms with Crippen molar-refractivity contribution in [2.45, 2.75) is 0 Å². The molecule has 0 N–H and O–H groups in total. The highest BCUT2D eigenvalue weighted by atomic mass is 15.0. The Labute approximate surface area is 356 Å². The van der Waals surface area contributed by atoms with E-state index in [0.29, 0.717) is 17.5 Å². The van der Waals surface area contributed by atoms with Gasteiger partial charge in [-0.2, -0.15) is 0 Å². The summed E-state index contributed by atoms with van der Waals surface area (Å²) in [5.74, 6) is 1.89. The Bertz CT molecular complexity index is 3920. The lowest BCUT2D eigenvalue weighted by molar-refractivity contribution is 1.07. The second-order valence-electron chi connectivity index (χ2n) is 16.1. The summed E-state index contributed by atoms with van der Waals surface area (Å²) in [4.78, 5) is 15.7. The molecule has 0 saturated carbocycles. The average Bonchev–Trinajstić information content (AvgIpc) is 3.83. The third-order valence-electron chi connectivity index (χ3n) is 12.5. The van der Waals surface area contributed by atoms with Gasteiger partial charge in [-0.15, -0.1) is 0 Å². The van der Waals surface area contributed by atoms with Crippen LogP contribution in [0.15, 0.2) is 212 Å². The molecule has 288 valence electrons. The van der Waals surface area contributed by atoms with Gasteiger partial charge in [0.25, 0.3) is 0 Å². The molecule has 0 spiro atoms. The highest BCUT2D eigenvalue weighted by molar-refractivity contribution is 6.21. The molecule has 10 aromatic carbocycles. The van der Waals surface area contributed by atoms with E-state index < -0.39 is 0 Å². The van der Waals surface area contributed by atoms with Crippen LogP contribution in [0, 0.1) is 0 Å². The number of hydrogen-bond donors (Lipinski definition) is 0. The smallest absolute Gasteiger partial charge is 0.164 e. The zero-order chi connectivity index (χ0) is 40.7. The van der Waals surface area contributed by atoms with Gasteiger partial charge in [0, 0.05) is 49.6 Å². The second kappa shape index (κ2) is 13.6. The molecule has 3 heterocycles. The monoisotopic (exact) mass is 789 g/mol. The maximum Gasteiger partial charge on any atom is 0.164 e. The number of para-hydroxylation sites is 2. The van der Waals surface area contributed by atoms with Gasteiger partial charge in [0.2, 0.25) is 0 Å². The zero-order valence-electron chi connectivity index (χ0n) is 33.4. The molecule has 0 aliphatic rings. The van der Waals surface area contributed by atoms with Crippen molar-refractivity contribution in [2.75, 3.05) is 0 Å². The van der Waals surface area contributed by atoms with Gasteiger partial charge in [0.05, 0.1) is 22.1 Å². The van der Waals surface area contributed by atoms with E-state index >= 15 is 0 Å². The van der Waals surface area contributed by atoms with Crippen molar-refractivity contribution in [1.82, 2.24) is 24.1 Å². The summed E-state index contributed by atoms with van der Waals surface area (Å²) < 4.78 is 4.85. The van der Waals surface area contributed by atoms with Crippen LogP contribution in [0.25, 0.3) is 121 Å². The molecule has 0 atom stereocenters. The summed E-state index contributed by atoms with van der Waals surface area (Å²) in [6.45, 7) is 0. The lowest BCUT2D eigenvalue weighted by Crippen LogP contribution is -2.02. The lowest BCUT2D eigenvalue weighted by atomic mass is 10.0. The molecule has 0 unspecified atom stereocenters. The molecule has 5 heteroatoms. The molecular formula is C57H35N5. The fraction of sp³-hybridized carbons (Fsp3) is 0. The molecule has 0 radical (unpaired) electrons. The van der Waals surface area contributed by atoms with Gasteiger partial charge in [0.15, 0.2) is 17.5 Å². The first-order valence-electron chi connectivity index (χ1n) is 21.0. The molecule has 0 aliphatic heterocycles. The summed E-state index contributed by atoms with van der Waals surface area (Å²) in [5.41, 5.74) is 9.59. The Kier molecular flexibility index (Phi) is 7.54. The molecule has 0 bridgehead atoms. The Morgan fingerprint density at radius 2 is 0.790 bits per heavy atom. The molecule has 5 nitrogen and oxygen atoms in total. The minimum absolute atomic E-state index is 0.625. The summed E-state index contributed by atoms with van der Waals surface area (Å²) in [6, 6.07) is 75.9. The standard InChI is InChI=1S/C57H35N5/c1-3-16-37(17-4-1)55-58-56(42-28-27-36-15-7-8-18-38(36)29-42)60-57(59-55)50-33-44(30-41-21-11-12-24-45(41)50)62-51-26-14-13-25-46(51)48-34-49-47-31-39-19-9-10-20-40(39)32-52(47)61(54(49)35-53(48)62)43-22-5-2-6-23-43/h1-35H. The average molecular weight is 790 g/mol. The van der Waals surface area contributed by atoms with E-state index in [1.165, 1.54) is 43.2 Å². The molecule has 3 aromatic heterocycles. The first kappa shape index (κ1) is 34.5. The van der Waals surface area contributed by atoms with Crippen molar-refractivity contribution in [2.24, 2.45) is 0 Å². The van der Waals surface area contributed by atoms with Crippen LogP contribution in [0.4, 0.5) is 0 Å². The number of nitrogens with zero attached hydrogens (tertiary/aromatic N) is 5. The van der Waals surface area contributed by atoms with E-state index in [1.54, 1.807) is 0 Å². The molecule has 0 amide bonds. The minimum atomic E-state index is 0.625. The van der Waals surface area contributed by atoms with Crippen LogP contribution in [0.3, 0.4) is 0 Å². The van der Waals surface area contributed by atoms with Crippen LogP contribution in [-0.2, 0) is 0 Å². The van der Waals surface area contributed by atoms with Gasteiger partial charge in [-0.3, -0.25) is 0 Å². The number of aromatic nitrogens is 5. The van der Waals surface area contributed by atoms with Crippen molar-refractivity contribution >= 4 is 75.9 Å². The Morgan fingerprint density at radius 1 is 0.258 bits per heavy atom. The number of fused-ring (bicyclic) bond motifs is 9. The molecule has 0 aliphatic carbocycles. The molecule has 62 heavy (non-hydrogen) atoms. The van der Waals surface area contributed by atoms with Crippen LogP contribution >= 0.6 is 0 Å². The second-order valence-corrected chi connectivity index (χ2v) is 16.1. The van der Waals surface area contributed by atoms with Gasteiger partial charge in [-0.25, -0.2) is 15.0 Å². The first-order valence-corrected chi connectivity index (χ1v) is 21.0. The van der Waals surface area contributed by atoms with Crippen LogP contribution in [0.1, 0.15) is 0 Å². The quantitative estimate of drug-likeness (QED) is 0.174. The van der Waals surface area contributed by atoms with Crippen molar-refractivity contribution in [3.8, 4) is 45.5 Å². The van der Waals surface area contributed by atoms with Crippen LogP contribution in [0.2, 0.25) is 0 Å². The highest BCUT2D eigenvalue weighted by Crippen LogP contribution is 2.42. The van der Waals surface area contributed by atoms with Crippen molar-refractivity contribution in [1.29, 1.82) is 0 Å². The zero-order valence-corrected chi connectivity index (χ0v) is 33.4. The third kappa shape index (κ3) is 5.38. The van der Waals surface area contributed by atoms with Gasteiger partial charge >= 0.3 is 0 Å². The van der Waals surface area contributed by atoms with Crippen LogP contribution < -0.4 is 0 Å². The van der Waals surface area contributed by atoms with Crippen LogP contribution in [-0.4, -0.2) is 24.1 Å². The van der Waals surface area contributed by atoms with E-state index in [4.69, 9.17) is 15.0 Å².